The quantitative estimate of drug-likeness (QED) is 0.876. The predicted octanol–water partition coefficient (Wildman–Crippen LogP) is 3.30. The van der Waals surface area contributed by atoms with Gasteiger partial charge in [-0.3, -0.25) is 9.59 Å². The molecule has 0 aromatic heterocycles. The number of benzene rings is 2. The summed E-state index contributed by atoms with van der Waals surface area (Å²) in [6, 6.07) is 14.8. The average Bonchev–Trinajstić information content (AvgIpc) is 3.39. The lowest BCUT2D eigenvalue weighted by molar-refractivity contribution is -0.120. The summed E-state index contributed by atoms with van der Waals surface area (Å²) in [5.74, 6) is -0.0321. The highest BCUT2D eigenvalue weighted by Gasteiger charge is 2.51. The second kappa shape index (κ2) is 6.65. The summed E-state index contributed by atoms with van der Waals surface area (Å²) in [5, 5.41) is 6.24. The molecule has 0 heterocycles. The summed E-state index contributed by atoms with van der Waals surface area (Å²) in [7, 11) is 1.61. The number of carbonyl (C=O) groups excluding carboxylic acids is 2. The van der Waals surface area contributed by atoms with E-state index in [0.29, 0.717) is 11.4 Å². The van der Waals surface area contributed by atoms with Crippen LogP contribution in [0.15, 0.2) is 48.5 Å². The number of hydrogen-bond acceptors (Lipinski definition) is 2. The fraction of sp³-hybridized carbons (Fsp3) is 0.263. The molecular weight excluding hydrogens is 324 g/mol. The van der Waals surface area contributed by atoms with Gasteiger partial charge in [-0.2, -0.15) is 0 Å². The van der Waals surface area contributed by atoms with Crippen LogP contribution in [0.4, 0.5) is 5.69 Å². The molecule has 24 heavy (non-hydrogen) atoms. The Morgan fingerprint density at radius 1 is 1.04 bits per heavy atom. The highest BCUT2D eigenvalue weighted by Crippen LogP contribution is 2.49. The fourth-order valence-corrected chi connectivity index (χ4v) is 2.90. The number of anilines is 1. The van der Waals surface area contributed by atoms with Crippen molar-refractivity contribution in [3.63, 3.8) is 0 Å². The minimum absolute atomic E-state index is 0.00359. The van der Waals surface area contributed by atoms with Gasteiger partial charge in [-0.1, -0.05) is 35.9 Å². The molecule has 1 saturated carbocycles. The number of hydrogen-bond donors (Lipinski definition) is 2. The highest BCUT2D eigenvalue weighted by molar-refractivity contribution is 6.30. The summed E-state index contributed by atoms with van der Waals surface area (Å²) in [5.41, 5.74) is 2.21. The van der Waals surface area contributed by atoms with Crippen LogP contribution in [0, 0.1) is 0 Å². The van der Waals surface area contributed by atoms with E-state index < -0.39 is 5.41 Å². The minimum Gasteiger partial charge on any atom is -0.359 e. The van der Waals surface area contributed by atoms with Gasteiger partial charge in [-0.15, -0.1) is 0 Å². The van der Waals surface area contributed by atoms with E-state index in [1.807, 2.05) is 48.5 Å². The van der Waals surface area contributed by atoms with E-state index in [1.165, 1.54) is 0 Å². The second-order valence-corrected chi connectivity index (χ2v) is 6.53. The first-order valence-electron chi connectivity index (χ1n) is 7.90. The summed E-state index contributed by atoms with van der Waals surface area (Å²) < 4.78 is 0. The second-order valence-electron chi connectivity index (χ2n) is 6.09. The van der Waals surface area contributed by atoms with Gasteiger partial charge in [0, 0.05) is 17.8 Å². The molecular formula is C19H19ClN2O2. The van der Waals surface area contributed by atoms with Crippen LogP contribution in [-0.2, 0) is 21.4 Å². The Labute approximate surface area is 146 Å². The predicted molar refractivity (Wildman–Crippen MR) is 95.2 cm³/mol. The number of likely N-dealkylation sites (N-methyl/N-ethyl adjacent to an activating group) is 1. The minimum atomic E-state index is -0.439. The largest absolute Gasteiger partial charge is 0.359 e. The molecule has 0 atom stereocenters. The van der Waals surface area contributed by atoms with Crippen molar-refractivity contribution < 1.29 is 9.59 Å². The summed E-state index contributed by atoms with van der Waals surface area (Å²) in [4.78, 5) is 24.1. The van der Waals surface area contributed by atoms with E-state index in [0.717, 1.165) is 29.7 Å². The molecule has 4 nitrogen and oxygen atoms in total. The lowest BCUT2D eigenvalue weighted by atomic mass is 9.95. The molecule has 1 aliphatic rings. The third-order valence-corrected chi connectivity index (χ3v) is 4.69. The van der Waals surface area contributed by atoms with Crippen molar-refractivity contribution >= 4 is 29.1 Å². The molecule has 0 spiro atoms. The van der Waals surface area contributed by atoms with Crippen LogP contribution in [0.5, 0.6) is 0 Å². The van der Waals surface area contributed by atoms with E-state index in [2.05, 4.69) is 10.6 Å². The van der Waals surface area contributed by atoms with E-state index in [4.69, 9.17) is 11.6 Å². The van der Waals surface area contributed by atoms with Crippen molar-refractivity contribution in [2.75, 3.05) is 12.4 Å². The Kier molecular flexibility index (Phi) is 4.58. The van der Waals surface area contributed by atoms with Crippen LogP contribution in [0.2, 0.25) is 5.02 Å². The third-order valence-electron chi connectivity index (χ3n) is 4.44. The first-order chi connectivity index (χ1) is 11.5. The molecule has 0 unspecified atom stereocenters. The Hall–Kier alpha value is -2.33. The van der Waals surface area contributed by atoms with Gasteiger partial charge in [0.15, 0.2) is 0 Å². The first-order valence-corrected chi connectivity index (χ1v) is 8.28. The molecule has 0 bridgehead atoms. The molecule has 1 fully saturated rings. The van der Waals surface area contributed by atoms with E-state index in [9.17, 15) is 9.59 Å². The van der Waals surface area contributed by atoms with Crippen molar-refractivity contribution in [1.29, 1.82) is 0 Å². The summed E-state index contributed by atoms with van der Waals surface area (Å²) in [6.07, 6.45) is 2.02. The Bertz CT molecular complexity index is 750. The van der Waals surface area contributed by atoms with Gasteiger partial charge in [-0.05, 0) is 48.2 Å². The molecule has 0 saturated heterocycles. The molecule has 0 aliphatic heterocycles. The van der Waals surface area contributed by atoms with Crippen molar-refractivity contribution in [2.45, 2.75) is 24.7 Å². The molecule has 2 aromatic rings. The molecule has 2 aromatic carbocycles. The summed E-state index contributed by atoms with van der Waals surface area (Å²) in [6.45, 7) is 0. The number of carbonyl (C=O) groups is 2. The van der Waals surface area contributed by atoms with Gasteiger partial charge in [-0.25, -0.2) is 0 Å². The Morgan fingerprint density at radius 3 is 2.21 bits per heavy atom. The van der Waals surface area contributed by atoms with Crippen molar-refractivity contribution in [2.24, 2.45) is 0 Å². The van der Waals surface area contributed by atoms with Crippen LogP contribution in [0.25, 0.3) is 0 Å². The molecule has 5 heteroatoms. The third kappa shape index (κ3) is 3.44. The molecule has 2 amide bonds. The first kappa shape index (κ1) is 16.5. The molecule has 2 N–H and O–H groups in total. The maximum absolute atomic E-state index is 12.7. The molecule has 0 radical (unpaired) electrons. The van der Waals surface area contributed by atoms with Crippen LogP contribution in [-0.4, -0.2) is 18.9 Å². The van der Waals surface area contributed by atoms with E-state index in [-0.39, 0.29) is 11.8 Å². The van der Waals surface area contributed by atoms with Gasteiger partial charge >= 0.3 is 0 Å². The van der Waals surface area contributed by atoms with Crippen molar-refractivity contribution in [3.05, 3.63) is 64.7 Å². The van der Waals surface area contributed by atoms with Crippen LogP contribution in [0.3, 0.4) is 0 Å². The zero-order chi connectivity index (χ0) is 17.2. The molecule has 124 valence electrons. The van der Waals surface area contributed by atoms with Gasteiger partial charge in [0.25, 0.3) is 0 Å². The fourth-order valence-electron chi connectivity index (χ4n) is 2.77. The number of amides is 2. The molecule has 3 rings (SSSR count). The van der Waals surface area contributed by atoms with Gasteiger partial charge < -0.3 is 10.6 Å². The van der Waals surface area contributed by atoms with Crippen molar-refractivity contribution in [1.82, 2.24) is 5.32 Å². The lowest BCUT2D eigenvalue weighted by Gasteiger charge is -2.16. The van der Waals surface area contributed by atoms with E-state index in [1.54, 1.807) is 7.05 Å². The smallest absolute Gasteiger partial charge is 0.235 e. The highest BCUT2D eigenvalue weighted by atomic mass is 35.5. The van der Waals surface area contributed by atoms with Gasteiger partial charge in [0.2, 0.25) is 11.8 Å². The monoisotopic (exact) mass is 342 g/mol. The van der Waals surface area contributed by atoms with E-state index >= 15 is 0 Å². The lowest BCUT2D eigenvalue weighted by Crippen LogP contribution is -2.27. The standard InChI is InChI=1S/C19H19ClN2O2/c1-21-17(23)12-13-2-8-16(9-3-13)22-18(24)19(10-11-19)14-4-6-15(20)7-5-14/h2-9H,10-12H2,1H3,(H,21,23)(H,22,24). The maximum atomic E-state index is 12.7. The zero-order valence-electron chi connectivity index (χ0n) is 13.4. The SMILES string of the molecule is CNC(=O)Cc1ccc(NC(=O)C2(c3ccc(Cl)cc3)CC2)cc1. The Balaban J connectivity index is 1.68. The topological polar surface area (TPSA) is 58.2 Å². The number of rotatable bonds is 5. The number of halogens is 1. The van der Waals surface area contributed by atoms with Gasteiger partial charge in [0.05, 0.1) is 11.8 Å². The van der Waals surface area contributed by atoms with Crippen LogP contribution >= 0.6 is 11.6 Å². The maximum Gasteiger partial charge on any atom is 0.235 e. The average molecular weight is 343 g/mol. The van der Waals surface area contributed by atoms with Crippen molar-refractivity contribution in [3.8, 4) is 0 Å². The van der Waals surface area contributed by atoms with Crippen LogP contribution in [0.1, 0.15) is 24.0 Å². The molecule has 1 aliphatic carbocycles. The normalized spacial score (nSPS) is 14.8. The van der Waals surface area contributed by atoms with Crippen LogP contribution < -0.4 is 10.6 Å². The van der Waals surface area contributed by atoms with Gasteiger partial charge in [0.1, 0.15) is 0 Å². The Morgan fingerprint density at radius 2 is 1.67 bits per heavy atom. The zero-order valence-corrected chi connectivity index (χ0v) is 14.2. The summed E-state index contributed by atoms with van der Waals surface area (Å²) >= 11 is 5.92. The number of nitrogens with one attached hydrogen (secondary N) is 2.